The molecule has 2 heteroatoms. The van der Waals surface area contributed by atoms with E-state index < -0.39 is 0 Å². The molecule has 0 aromatic heterocycles. The molecule has 58 valence electrons. The van der Waals surface area contributed by atoms with Crippen LogP contribution in [-0.2, 0) is 0 Å². The molecule has 2 N–H and O–H groups in total. The zero-order valence-electron chi connectivity index (χ0n) is 6.21. The van der Waals surface area contributed by atoms with Crippen molar-refractivity contribution in [2.75, 3.05) is 6.54 Å². The van der Waals surface area contributed by atoms with Gasteiger partial charge in [0.1, 0.15) is 0 Å². The standard InChI is InChI=1S/C8H15NO/c10-7-4-8(9-5-7)6-2-1-3-6/h6-10H,1-5H2. The minimum atomic E-state index is -0.0643. The third-order valence-corrected chi connectivity index (χ3v) is 2.86. The van der Waals surface area contributed by atoms with Gasteiger partial charge in [-0.3, -0.25) is 0 Å². The highest BCUT2D eigenvalue weighted by molar-refractivity contribution is 4.89. The largest absolute Gasteiger partial charge is 0.392 e. The fraction of sp³-hybridized carbons (Fsp3) is 1.00. The van der Waals surface area contributed by atoms with E-state index in [1.54, 1.807) is 0 Å². The number of β-amino-alcohol motifs (C(OH)–C–C–N with tert-alkyl or cyclic N) is 1. The Morgan fingerprint density at radius 1 is 1.30 bits per heavy atom. The Morgan fingerprint density at radius 3 is 2.50 bits per heavy atom. The van der Waals surface area contributed by atoms with Crippen LogP contribution < -0.4 is 5.32 Å². The number of aliphatic hydroxyl groups is 1. The van der Waals surface area contributed by atoms with E-state index in [1.165, 1.54) is 19.3 Å². The van der Waals surface area contributed by atoms with Gasteiger partial charge in [-0.1, -0.05) is 6.42 Å². The normalized spacial score (nSPS) is 41.7. The highest BCUT2D eigenvalue weighted by atomic mass is 16.3. The fourth-order valence-corrected chi connectivity index (χ4v) is 1.95. The molecule has 2 fully saturated rings. The third-order valence-electron chi connectivity index (χ3n) is 2.86. The SMILES string of the molecule is OC1CNC(C2CCC2)C1. The summed E-state index contributed by atoms with van der Waals surface area (Å²) in [6.07, 6.45) is 5.09. The van der Waals surface area contributed by atoms with E-state index in [4.69, 9.17) is 0 Å². The number of hydrogen-bond donors (Lipinski definition) is 2. The van der Waals surface area contributed by atoms with Crippen LogP contribution in [-0.4, -0.2) is 23.8 Å². The Hall–Kier alpha value is -0.0800. The molecule has 0 aromatic rings. The van der Waals surface area contributed by atoms with Gasteiger partial charge in [-0.05, 0) is 25.2 Å². The van der Waals surface area contributed by atoms with Crippen molar-refractivity contribution in [3.63, 3.8) is 0 Å². The van der Waals surface area contributed by atoms with Gasteiger partial charge in [0, 0.05) is 12.6 Å². The van der Waals surface area contributed by atoms with E-state index in [9.17, 15) is 5.11 Å². The van der Waals surface area contributed by atoms with Crippen LogP contribution in [0.5, 0.6) is 0 Å². The summed E-state index contributed by atoms with van der Waals surface area (Å²) in [4.78, 5) is 0. The predicted molar refractivity (Wildman–Crippen MR) is 39.8 cm³/mol. The van der Waals surface area contributed by atoms with Crippen molar-refractivity contribution in [2.24, 2.45) is 5.92 Å². The second kappa shape index (κ2) is 2.51. The molecule has 0 radical (unpaired) electrons. The van der Waals surface area contributed by atoms with Crippen LogP contribution in [0.2, 0.25) is 0 Å². The van der Waals surface area contributed by atoms with Gasteiger partial charge in [-0.2, -0.15) is 0 Å². The highest BCUT2D eigenvalue weighted by Gasteiger charge is 2.32. The average molecular weight is 141 g/mol. The van der Waals surface area contributed by atoms with Crippen LogP contribution in [0.3, 0.4) is 0 Å². The van der Waals surface area contributed by atoms with Crippen LogP contribution in [0, 0.1) is 5.92 Å². The van der Waals surface area contributed by atoms with Crippen LogP contribution >= 0.6 is 0 Å². The van der Waals surface area contributed by atoms with Crippen molar-refractivity contribution in [1.82, 2.24) is 5.32 Å². The molecule has 0 aromatic carbocycles. The second-order valence-corrected chi connectivity index (χ2v) is 3.60. The Morgan fingerprint density at radius 2 is 2.10 bits per heavy atom. The van der Waals surface area contributed by atoms with E-state index in [0.29, 0.717) is 6.04 Å². The molecular weight excluding hydrogens is 126 g/mol. The minimum Gasteiger partial charge on any atom is -0.392 e. The van der Waals surface area contributed by atoms with Gasteiger partial charge in [0.25, 0.3) is 0 Å². The summed E-state index contributed by atoms with van der Waals surface area (Å²) in [7, 11) is 0. The monoisotopic (exact) mass is 141 g/mol. The van der Waals surface area contributed by atoms with Gasteiger partial charge < -0.3 is 10.4 Å². The summed E-state index contributed by atoms with van der Waals surface area (Å²) in [5.74, 6) is 0.886. The number of nitrogens with one attached hydrogen (secondary N) is 1. The van der Waals surface area contributed by atoms with E-state index in [2.05, 4.69) is 5.32 Å². The summed E-state index contributed by atoms with van der Waals surface area (Å²) in [5.41, 5.74) is 0. The van der Waals surface area contributed by atoms with Gasteiger partial charge in [-0.15, -0.1) is 0 Å². The maximum Gasteiger partial charge on any atom is 0.0679 e. The lowest BCUT2D eigenvalue weighted by molar-refractivity contribution is 0.178. The molecule has 2 nitrogen and oxygen atoms in total. The molecular formula is C8H15NO. The van der Waals surface area contributed by atoms with Crippen molar-refractivity contribution in [3.8, 4) is 0 Å². The lowest BCUT2D eigenvalue weighted by Crippen LogP contribution is -2.34. The van der Waals surface area contributed by atoms with Crippen LogP contribution in [0.15, 0.2) is 0 Å². The van der Waals surface area contributed by atoms with Crippen LogP contribution in [0.25, 0.3) is 0 Å². The first-order valence-corrected chi connectivity index (χ1v) is 4.28. The lowest BCUT2D eigenvalue weighted by atomic mass is 9.79. The van der Waals surface area contributed by atoms with Gasteiger partial charge in [0.05, 0.1) is 6.10 Å². The molecule has 10 heavy (non-hydrogen) atoms. The molecule has 1 saturated heterocycles. The second-order valence-electron chi connectivity index (χ2n) is 3.60. The Bertz CT molecular complexity index is 122. The third kappa shape index (κ3) is 1.06. The number of hydrogen-bond acceptors (Lipinski definition) is 2. The maximum atomic E-state index is 9.21. The predicted octanol–water partition coefficient (Wildman–Crippen LogP) is 0.509. The van der Waals surface area contributed by atoms with Crippen LogP contribution in [0.1, 0.15) is 25.7 Å². The molecule has 2 atom stereocenters. The summed E-state index contributed by atoms with van der Waals surface area (Å²) in [5, 5.41) is 12.6. The molecule has 1 aliphatic carbocycles. The zero-order valence-corrected chi connectivity index (χ0v) is 6.21. The molecule has 2 aliphatic rings. The fourth-order valence-electron chi connectivity index (χ4n) is 1.95. The van der Waals surface area contributed by atoms with Crippen LogP contribution in [0.4, 0.5) is 0 Å². The van der Waals surface area contributed by atoms with E-state index >= 15 is 0 Å². The molecule has 1 saturated carbocycles. The van der Waals surface area contributed by atoms with Crippen molar-refractivity contribution >= 4 is 0 Å². The Labute approximate surface area is 61.6 Å². The first kappa shape index (κ1) is 6.62. The Balaban J connectivity index is 1.82. The molecule has 0 bridgehead atoms. The van der Waals surface area contributed by atoms with E-state index in [-0.39, 0.29) is 6.10 Å². The lowest BCUT2D eigenvalue weighted by Gasteiger charge is -2.31. The summed E-state index contributed by atoms with van der Waals surface area (Å²) >= 11 is 0. The molecule has 1 aliphatic heterocycles. The Kier molecular flexibility index (Phi) is 1.66. The first-order chi connectivity index (χ1) is 4.86. The molecule has 1 heterocycles. The van der Waals surface area contributed by atoms with Crippen molar-refractivity contribution < 1.29 is 5.11 Å². The van der Waals surface area contributed by atoms with Crippen molar-refractivity contribution in [1.29, 1.82) is 0 Å². The minimum absolute atomic E-state index is 0.0643. The van der Waals surface area contributed by atoms with Gasteiger partial charge in [0.15, 0.2) is 0 Å². The van der Waals surface area contributed by atoms with E-state index in [1.807, 2.05) is 0 Å². The van der Waals surface area contributed by atoms with Gasteiger partial charge >= 0.3 is 0 Å². The summed E-state index contributed by atoms with van der Waals surface area (Å²) in [6.45, 7) is 0.821. The number of rotatable bonds is 1. The molecule has 2 unspecified atom stereocenters. The summed E-state index contributed by atoms with van der Waals surface area (Å²) < 4.78 is 0. The van der Waals surface area contributed by atoms with Gasteiger partial charge in [-0.25, -0.2) is 0 Å². The molecule has 0 amide bonds. The smallest absolute Gasteiger partial charge is 0.0679 e. The number of aliphatic hydroxyl groups excluding tert-OH is 1. The van der Waals surface area contributed by atoms with Gasteiger partial charge in [0.2, 0.25) is 0 Å². The molecule has 2 rings (SSSR count). The topological polar surface area (TPSA) is 32.3 Å². The quantitative estimate of drug-likeness (QED) is 0.557. The molecule has 0 spiro atoms. The highest BCUT2D eigenvalue weighted by Crippen LogP contribution is 2.32. The summed E-state index contributed by atoms with van der Waals surface area (Å²) in [6, 6.07) is 0.642. The van der Waals surface area contributed by atoms with E-state index in [0.717, 1.165) is 18.9 Å². The first-order valence-electron chi connectivity index (χ1n) is 4.28. The van der Waals surface area contributed by atoms with Crippen molar-refractivity contribution in [3.05, 3.63) is 0 Å². The average Bonchev–Trinajstić information content (AvgIpc) is 2.10. The zero-order chi connectivity index (χ0) is 6.97. The van der Waals surface area contributed by atoms with Crippen molar-refractivity contribution in [2.45, 2.75) is 37.8 Å². The maximum absolute atomic E-state index is 9.21.